The number of carboxylic acid groups (broad SMARTS) is 1. The molecule has 92 valence electrons. The molecule has 2 rings (SSSR count). The number of rotatable bonds is 4. The van der Waals surface area contributed by atoms with Crippen molar-refractivity contribution in [3.63, 3.8) is 0 Å². The first-order chi connectivity index (χ1) is 8.59. The van der Waals surface area contributed by atoms with E-state index in [1.807, 2.05) is 6.07 Å². The summed E-state index contributed by atoms with van der Waals surface area (Å²) in [5.41, 5.74) is 5.86. The maximum absolute atomic E-state index is 11.1. The van der Waals surface area contributed by atoms with Crippen molar-refractivity contribution in [2.24, 2.45) is 5.73 Å². The topological polar surface area (TPSA) is 93.3 Å². The number of hydrogen-bond donors (Lipinski definition) is 2. The molecule has 0 aliphatic heterocycles. The predicted molar refractivity (Wildman–Crippen MR) is 68.6 cm³/mol. The summed E-state index contributed by atoms with van der Waals surface area (Å²) in [4.78, 5) is 26.6. The van der Waals surface area contributed by atoms with Crippen LogP contribution in [0.1, 0.15) is 10.4 Å². The number of thioether (sulfide) groups is 1. The number of aromatic carboxylic acids is 1. The van der Waals surface area contributed by atoms with E-state index in [0.29, 0.717) is 15.8 Å². The Morgan fingerprint density at radius 1 is 1.33 bits per heavy atom. The van der Waals surface area contributed by atoms with Gasteiger partial charge in [-0.2, -0.15) is 0 Å². The summed E-state index contributed by atoms with van der Waals surface area (Å²) < 4.78 is 0. The Balaban J connectivity index is 2.58. The molecule has 6 heteroatoms. The highest BCUT2D eigenvalue weighted by Gasteiger charge is 2.15. The first kappa shape index (κ1) is 12.4. The summed E-state index contributed by atoms with van der Waals surface area (Å²) in [6.45, 7) is 0. The van der Waals surface area contributed by atoms with Gasteiger partial charge in [0.15, 0.2) is 0 Å². The molecule has 0 aliphatic rings. The monoisotopic (exact) mass is 262 g/mol. The van der Waals surface area contributed by atoms with E-state index in [4.69, 9.17) is 10.8 Å². The third kappa shape index (κ3) is 2.43. The normalized spacial score (nSPS) is 10.4. The fourth-order valence-electron chi connectivity index (χ4n) is 1.57. The van der Waals surface area contributed by atoms with Crippen LogP contribution in [0.4, 0.5) is 0 Å². The number of aromatic nitrogens is 1. The summed E-state index contributed by atoms with van der Waals surface area (Å²) in [5.74, 6) is -1.52. The van der Waals surface area contributed by atoms with Crippen LogP contribution in [0.2, 0.25) is 0 Å². The molecule has 18 heavy (non-hydrogen) atoms. The predicted octanol–water partition coefficient (Wildman–Crippen LogP) is 1.51. The van der Waals surface area contributed by atoms with E-state index < -0.39 is 11.9 Å². The van der Waals surface area contributed by atoms with Crippen LogP contribution < -0.4 is 5.73 Å². The first-order valence-electron chi connectivity index (χ1n) is 5.11. The Labute approximate surface area is 107 Å². The van der Waals surface area contributed by atoms with Gasteiger partial charge < -0.3 is 10.8 Å². The van der Waals surface area contributed by atoms with Crippen LogP contribution in [-0.2, 0) is 4.79 Å². The molecule has 2 aromatic rings. The molecule has 0 atom stereocenters. The molecule has 0 saturated carbocycles. The number of nitrogens with zero attached hydrogens (tertiary/aromatic N) is 1. The minimum atomic E-state index is -1.07. The number of carbonyl (C=O) groups excluding carboxylic acids is 1. The quantitative estimate of drug-likeness (QED) is 0.815. The SMILES string of the molecule is NC(=O)CSc1c(C(=O)O)cnc2ccccc12. The number of amides is 1. The van der Waals surface area contributed by atoms with Gasteiger partial charge in [0.2, 0.25) is 5.91 Å². The van der Waals surface area contributed by atoms with Gasteiger partial charge in [0.25, 0.3) is 0 Å². The Morgan fingerprint density at radius 2 is 2.06 bits per heavy atom. The van der Waals surface area contributed by atoms with Crippen LogP contribution in [-0.4, -0.2) is 27.7 Å². The maximum atomic E-state index is 11.1. The van der Waals surface area contributed by atoms with Crippen molar-refractivity contribution in [3.8, 4) is 0 Å². The summed E-state index contributed by atoms with van der Waals surface area (Å²) >= 11 is 1.12. The van der Waals surface area contributed by atoms with Crippen molar-refractivity contribution < 1.29 is 14.7 Å². The van der Waals surface area contributed by atoms with Gasteiger partial charge in [0, 0.05) is 16.5 Å². The van der Waals surface area contributed by atoms with Crippen LogP contribution in [0.3, 0.4) is 0 Å². The van der Waals surface area contributed by atoms with Crippen molar-refractivity contribution in [1.82, 2.24) is 4.98 Å². The van der Waals surface area contributed by atoms with Gasteiger partial charge in [-0.15, -0.1) is 11.8 Å². The smallest absolute Gasteiger partial charge is 0.338 e. The van der Waals surface area contributed by atoms with Gasteiger partial charge in [-0.05, 0) is 6.07 Å². The molecule has 3 N–H and O–H groups in total. The lowest BCUT2D eigenvalue weighted by molar-refractivity contribution is -0.115. The molecule has 0 unspecified atom stereocenters. The second-order valence-corrected chi connectivity index (χ2v) is 4.56. The summed E-state index contributed by atoms with van der Waals surface area (Å²) in [6, 6.07) is 7.18. The van der Waals surface area contributed by atoms with Crippen LogP contribution in [0.25, 0.3) is 10.9 Å². The summed E-state index contributed by atoms with van der Waals surface area (Å²) in [7, 11) is 0. The third-order valence-corrected chi connectivity index (χ3v) is 3.47. The highest BCUT2D eigenvalue weighted by Crippen LogP contribution is 2.30. The number of nitrogens with two attached hydrogens (primary N) is 1. The highest BCUT2D eigenvalue weighted by molar-refractivity contribution is 8.00. The second kappa shape index (κ2) is 5.05. The van der Waals surface area contributed by atoms with E-state index in [0.717, 1.165) is 11.8 Å². The number of primary amides is 1. The van der Waals surface area contributed by atoms with Crippen molar-refractivity contribution in [2.45, 2.75) is 4.90 Å². The van der Waals surface area contributed by atoms with Crippen LogP contribution >= 0.6 is 11.8 Å². The number of fused-ring (bicyclic) bond motifs is 1. The minimum absolute atomic E-state index is 0.0360. The number of pyridine rings is 1. The number of para-hydroxylation sites is 1. The lowest BCUT2D eigenvalue weighted by Gasteiger charge is -2.08. The average Bonchev–Trinajstić information content (AvgIpc) is 2.35. The maximum Gasteiger partial charge on any atom is 0.338 e. The van der Waals surface area contributed by atoms with Crippen LogP contribution in [0.15, 0.2) is 35.4 Å². The molecule has 5 nitrogen and oxygen atoms in total. The third-order valence-electron chi connectivity index (χ3n) is 2.32. The first-order valence-corrected chi connectivity index (χ1v) is 6.10. The van der Waals surface area contributed by atoms with Crippen LogP contribution in [0.5, 0.6) is 0 Å². The molecule has 0 saturated heterocycles. The highest BCUT2D eigenvalue weighted by atomic mass is 32.2. The van der Waals surface area contributed by atoms with E-state index in [-0.39, 0.29) is 11.3 Å². The van der Waals surface area contributed by atoms with E-state index in [1.54, 1.807) is 18.2 Å². The van der Waals surface area contributed by atoms with Crippen molar-refractivity contribution in [3.05, 3.63) is 36.0 Å². The average molecular weight is 262 g/mol. The minimum Gasteiger partial charge on any atom is -0.478 e. The molecule has 0 spiro atoms. The summed E-state index contributed by atoms with van der Waals surface area (Å²) in [5, 5.41) is 9.83. The molecule has 1 aromatic carbocycles. The zero-order valence-corrected chi connectivity index (χ0v) is 10.1. The van der Waals surface area contributed by atoms with Gasteiger partial charge in [-0.3, -0.25) is 9.78 Å². The zero-order chi connectivity index (χ0) is 13.1. The standard InChI is InChI=1S/C12H10N2O3S/c13-10(15)6-18-11-7-3-1-2-4-9(7)14-5-8(11)12(16)17/h1-5H,6H2,(H2,13,15)(H,16,17). The molecular weight excluding hydrogens is 252 g/mol. The molecule has 1 heterocycles. The molecule has 0 aliphatic carbocycles. The number of benzene rings is 1. The summed E-state index contributed by atoms with van der Waals surface area (Å²) in [6.07, 6.45) is 1.30. The second-order valence-electron chi connectivity index (χ2n) is 3.58. The van der Waals surface area contributed by atoms with Gasteiger partial charge in [-0.1, -0.05) is 18.2 Å². The largest absolute Gasteiger partial charge is 0.478 e. The lowest BCUT2D eigenvalue weighted by Crippen LogP contribution is -2.13. The number of carbonyl (C=O) groups is 2. The van der Waals surface area contributed by atoms with Crippen molar-refractivity contribution in [2.75, 3.05) is 5.75 Å². The fourth-order valence-corrected chi connectivity index (χ4v) is 2.48. The Bertz CT molecular complexity index is 628. The molecule has 0 radical (unpaired) electrons. The molecule has 1 aromatic heterocycles. The van der Waals surface area contributed by atoms with E-state index >= 15 is 0 Å². The molecule has 1 amide bonds. The zero-order valence-electron chi connectivity index (χ0n) is 9.29. The van der Waals surface area contributed by atoms with Gasteiger partial charge in [-0.25, -0.2) is 4.79 Å². The molecular formula is C12H10N2O3S. The Hall–Kier alpha value is -2.08. The Morgan fingerprint density at radius 3 is 2.72 bits per heavy atom. The van der Waals surface area contributed by atoms with E-state index in [1.165, 1.54) is 6.20 Å². The van der Waals surface area contributed by atoms with Crippen molar-refractivity contribution >= 4 is 34.5 Å². The number of hydrogen-bond acceptors (Lipinski definition) is 4. The number of carboxylic acids is 1. The van der Waals surface area contributed by atoms with Gasteiger partial charge in [0.1, 0.15) is 0 Å². The molecule has 0 fully saturated rings. The van der Waals surface area contributed by atoms with E-state index in [9.17, 15) is 9.59 Å². The fraction of sp³-hybridized carbons (Fsp3) is 0.0833. The van der Waals surface area contributed by atoms with E-state index in [2.05, 4.69) is 4.98 Å². The molecule has 0 bridgehead atoms. The lowest BCUT2D eigenvalue weighted by atomic mass is 10.1. The van der Waals surface area contributed by atoms with Gasteiger partial charge >= 0.3 is 5.97 Å². The van der Waals surface area contributed by atoms with Crippen LogP contribution in [0, 0.1) is 0 Å². The van der Waals surface area contributed by atoms with Crippen molar-refractivity contribution in [1.29, 1.82) is 0 Å². The van der Waals surface area contributed by atoms with Gasteiger partial charge in [0.05, 0.1) is 16.8 Å². The Kier molecular flexibility index (Phi) is 3.47.